The zero-order valence-corrected chi connectivity index (χ0v) is 12.1. The maximum Gasteiger partial charge on any atom is 0.206 e. The van der Waals surface area contributed by atoms with Crippen LogP contribution in [0.5, 0.6) is 0 Å². The highest BCUT2D eigenvalue weighted by Gasteiger charge is 2.22. The first-order valence-corrected chi connectivity index (χ1v) is 8.02. The quantitative estimate of drug-likeness (QED) is 0.656. The summed E-state index contributed by atoms with van der Waals surface area (Å²) in [5.41, 5.74) is 0.387. The summed E-state index contributed by atoms with van der Waals surface area (Å²) in [5.74, 6) is -0.268. The summed E-state index contributed by atoms with van der Waals surface area (Å²) in [6.07, 6.45) is 2.36. The Morgan fingerprint density at radius 1 is 1.45 bits per heavy atom. The van der Waals surface area contributed by atoms with Crippen molar-refractivity contribution in [1.82, 2.24) is 10.2 Å². The summed E-state index contributed by atoms with van der Waals surface area (Å²) in [5, 5.41) is 12.1. The van der Waals surface area contributed by atoms with Gasteiger partial charge in [0.15, 0.2) is 10.1 Å². The van der Waals surface area contributed by atoms with E-state index in [0.717, 1.165) is 9.47 Å². The zero-order chi connectivity index (χ0) is 13.9. The standard InChI is InChI=1S/C13H12FN3OS2/c14-9-3-1-2-8(6-9)11(18)7-19-13-17-16-12(20-13)15-10-4-5-10/h1-3,6,10H,4-5,7H2,(H,15,16). The Morgan fingerprint density at radius 3 is 3.05 bits per heavy atom. The molecule has 4 nitrogen and oxygen atoms in total. The van der Waals surface area contributed by atoms with Crippen LogP contribution >= 0.6 is 23.1 Å². The van der Waals surface area contributed by atoms with Gasteiger partial charge in [-0.15, -0.1) is 10.2 Å². The number of nitrogens with zero attached hydrogens (tertiary/aromatic N) is 2. The van der Waals surface area contributed by atoms with Gasteiger partial charge in [-0.05, 0) is 25.0 Å². The maximum absolute atomic E-state index is 13.0. The Bertz CT molecular complexity index is 628. The van der Waals surface area contributed by atoms with Crippen molar-refractivity contribution in [3.63, 3.8) is 0 Å². The lowest BCUT2D eigenvalue weighted by Gasteiger charge is -1.99. The largest absolute Gasteiger partial charge is 0.357 e. The van der Waals surface area contributed by atoms with E-state index >= 15 is 0 Å². The predicted octanol–water partition coefficient (Wildman–Crippen LogP) is 3.23. The summed E-state index contributed by atoms with van der Waals surface area (Å²) in [6, 6.07) is 6.27. The highest BCUT2D eigenvalue weighted by molar-refractivity contribution is 8.01. The van der Waals surface area contributed by atoms with Crippen LogP contribution in [0.25, 0.3) is 0 Å². The van der Waals surface area contributed by atoms with Crippen LogP contribution in [0.3, 0.4) is 0 Å². The van der Waals surface area contributed by atoms with Crippen molar-refractivity contribution in [2.75, 3.05) is 11.1 Å². The van der Waals surface area contributed by atoms with Crippen molar-refractivity contribution in [2.24, 2.45) is 0 Å². The molecule has 1 N–H and O–H groups in total. The van der Waals surface area contributed by atoms with Gasteiger partial charge in [-0.25, -0.2) is 4.39 Å². The molecule has 1 aliphatic carbocycles. The number of thioether (sulfide) groups is 1. The van der Waals surface area contributed by atoms with Gasteiger partial charge in [0.1, 0.15) is 5.82 Å². The van der Waals surface area contributed by atoms with Crippen LogP contribution in [-0.2, 0) is 0 Å². The van der Waals surface area contributed by atoms with Crippen molar-refractivity contribution >= 4 is 34.0 Å². The van der Waals surface area contributed by atoms with Crippen molar-refractivity contribution < 1.29 is 9.18 Å². The number of nitrogens with one attached hydrogen (secondary N) is 1. The third-order valence-electron chi connectivity index (χ3n) is 2.78. The Balaban J connectivity index is 1.55. The van der Waals surface area contributed by atoms with E-state index < -0.39 is 5.82 Å². The van der Waals surface area contributed by atoms with Crippen LogP contribution in [0.4, 0.5) is 9.52 Å². The van der Waals surface area contributed by atoms with Gasteiger partial charge in [-0.1, -0.05) is 35.2 Å². The number of halogens is 1. The number of Topliss-reactive ketones (excluding diaryl/α,β-unsaturated/α-hetero) is 1. The first-order chi connectivity index (χ1) is 9.70. The molecule has 7 heteroatoms. The summed E-state index contributed by atoms with van der Waals surface area (Å²) in [6.45, 7) is 0. The number of ketones is 1. The maximum atomic E-state index is 13.0. The van der Waals surface area contributed by atoms with E-state index in [2.05, 4.69) is 15.5 Å². The number of hydrogen-bond donors (Lipinski definition) is 1. The van der Waals surface area contributed by atoms with Gasteiger partial charge in [0.25, 0.3) is 0 Å². The van der Waals surface area contributed by atoms with Gasteiger partial charge in [0, 0.05) is 11.6 Å². The lowest BCUT2D eigenvalue weighted by molar-refractivity contribution is 0.102. The monoisotopic (exact) mass is 309 g/mol. The van der Waals surface area contributed by atoms with Gasteiger partial charge >= 0.3 is 0 Å². The molecule has 20 heavy (non-hydrogen) atoms. The smallest absolute Gasteiger partial charge is 0.206 e. The van der Waals surface area contributed by atoms with Gasteiger partial charge in [-0.3, -0.25) is 4.79 Å². The minimum atomic E-state index is -0.396. The van der Waals surface area contributed by atoms with E-state index in [1.165, 1.54) is 54.1 Å². The SMILES string of the molecule is O=C(CSc1nnc(NC2CC2)s1)c1cccc(F)c1. The van der Waals surface area contributed by atoms with Crippen LogP contribution in [0.1, 0.15) is 23.2 Å². The summed E-state index contributed by atoms with van der Waals surface area (Å²) < 4.78 is 13.8. The molecule has 1 heterocycles. The Morgan fingerprint density at radius 2 is 2.30 bits per heavy atom. The Kier molecular flexibility index (Phi) is 3.98. The lowest BCUT2D eigenvalue weighted by atomic mass is 10.1. The molecule has 1 saturated carbocycles. The predicted molar refractivity (Wildman–Crippen MR) is 78.0 cm³/mol. The average molecular weight is 309 g/mol. The fraction of sp³-hybridized carbons (Fsp3) is 0.308. The second-order valence-electron chi connectivity index (χ2n) is 4.51. The number of hydrogen-bond acceptors (Lipinski definition) is 6. The minimum absolute atomic E-state index is 0.110. The molecule has 0 amide bonds. The van der Waals surface area contributed by atoms with Crippen LogP contribution in [0.2, 0.25) is 0 Å². The molecule has 1 aromatic heterocycles. The highest BCUT2D eigenvalue weighted by atomic mass is 32.2. The highest BCUT2D eigenvalue weighted by Crippen LogP contribution is 2.30. The van der Waals surface area contributed by atoms with E-state index in [1.807, 2.05) is 0 Å². The lowest BCUT2D eigenvalue weighted by Crippen LogP contribution is -2.02. The number of carbonyl (C=O) groups is 1. The van der Waals surface area contributed by atoms with E-state index in [9.17, 15) is 9.18 Å². The van der Waals surface area contributed by atoms with E-state index in [1.54, 1.807) is 6.07 Å². The molecule has 0 saturated heterocycles. The number of anilines is 1. The molecule has 1 fully saturated rings. The molecular weight excluding hydrogens is 297 g/mol. The van der Waals surface area contributed by atoms with Crippen molar-refractivity contribution in [3.05, 3.63) is 35.6 Å². The van der Waals surface area contributed by atoms with E-state index in [4.69, 9.17) is 0 Å². The fourth-order valence-corrected chi connectivity index (χ4v) is 3.32. The van der Waals surface area contributed by atoms with Crippen molar-refractivity contribution in [1.29, 1.82) is 0 Å². The molecular formula is C13H12FN3OS2. The van der Waals surface area contributed by atoms with Crippen LogP contribution < -0.4 is 5.32 Å². The molecule has 0 spiro atoms. The van der Waals surface area contributed by atoms with Gasteiger partial charge < -0.3 is 5.32 Å². The topological polar surface area (TPSA) is 54.9 Å². The van der Waals surface area contributed by atoms with Crippen molar-refractivity contribution in [2.45, 2.75) is 23.2 Å². The molecule has 0 bridgehead atoms. The fourth-order valence-electron chi connectivity index (χ4n) is 1.60. The number of rotatable bonds is 6. The molecule has 0 aliphatic heterocycles. The van der Waals surface area contributed by atoms with Gasteiger partial charge in [0.2, 0.25) is 5.13 Å². The van der Waals surface area contributed by atoms with Gasteiger partial charge in [0.05, 0.1) is 5.75 Å². The minimum Gasteiger partial charge on any atom is -0.357 e. The summed E-state index contributed by atoms with van der Waals surface area (Å²) in [4.78, 5) is 11.9. The van der Waals surface area contributed by atoms with Crippen LogP contribution in [-0.4, -0.2) is 27.8 Å². The normalized spacial score (nSPS) is 14.2. The second-order valence-corrected chi connectivity index (χ2v) is 6.71. The second kappa shape index (κ2) is 5.88. The number of benzene rings is 1. The molecule has 0 atom stereocenters. The van der Waals surface area contributed by atoms with Crippen molar-refractivity contribution in [3.8, 4) is 0 Å². The van der Waals surface area contributed by atoms with E-state index in [0.29, 0.717) is 11.6 Å². The van der Waals surface area contributed by atoms with Crippen LogP contribution in [0, 0.1) is 5.82 Å². The number of aromatic nitrogens is 2. The molecule has 1 aliphatic rings. The zero-order valence-electron chi connectivity index (χ0n) is 10.5. The van der Waals surface area contributed by atoms with Gasteiger partial charge in [-0.2, -0.15) is 0 Å². The summed E-state index contributed by atoms with van der Waals surface area (Å²) in [7, 11) is 0. The Labute approximate surface area is 123 Å². The molecule has 104 valence electrons. The third-order valence-corrected chi connectivity index (χ3v) is 4.77. The van der Waals surface area contributed by atoms with E-state index in [-0.39, 0.29) is 11.5 Å². The molecule has 0 radical (unpaired) electrons. The Hall–Kier alpha value is -1.47. The van der Waals surface area contributed by atoms with Crippen LogP contribution in [0.15, 0.2) is 28.6 Å². The molecule has 3 rings (SSSR count). The third kappa shape index (κ3) is 3.55. The first-order valence-electron chi connectivity index (χ1n) is 6.22. The number of carbonyl (C=O) groups excluding carboxylic acids is 1. The summed E-state index contributed by atoms with van der Waals surface area (Å²) >= 11 is 2.78. The first kappa shape index (κ1) is 13.5. The molecule has 1 aromatic carbocycles. The molecule has 2 aromatic rings. The molecule has 0 unspecified atom stereocenters. The average Bonchev–Trinajstić information content (AvgIpc) is 3.13.